The molecular formula is C12H9NO5. The van der Waals surface area contributed by atoms with Crippen molar-refractivity contribution in [3.63, 3.8) is 0 Å². The first-order chi connectivity index (χ1) is 8.61. The topological polar surface area (TPSA) is 82.6 Å². The Morgan fingerprint density at radius 2 is 2.00 bits per heavy atom. The molecule has 0 saturated heterocycles. The number of esters is 1. The van der Waals surface area contributed by atoms with Crippen molar-refractivity contribution in [2.75, 3.05) is 7.11 Å². The SMILES string of the molecule is COC(=O)c1coc(-c2ccc([N+](=O)[O-])cc2)c1. The average molecular weight is 247 g/mol. The minimum absolute atomic E-state index is 0.00139. The van der Waals surface area contributed by atoms with Crippen molar-refractivity contribution < 1.29 is 18.9 Å². The van der Waals surface area contributed by atoms with E-state index in [0.29, 0.717) is 16.9 Å². The van der Waals surface area contributed by atoms with Crippen molar-refractivity contribution in [3.05, 3.63) is 52.3 Å². The lowest BCUT2D eigenvalue weighted by Crippen LogP contribution is -1.98. The van der Waals surface area contributed by atoms with E-state index in [4.69, 9.17) is 4.42 Å². The Hall–Kier alpha value is -2.63. The molecular weight excluding hydrogens is 238 g/mol. The van der Waals surface area contributed by atoms with E-state index in [9.17, 15) is 14.9 Å². The largest absolute Gasteiger partial charge is 0.465 e. The lowest BCUT2D eigenvalue weighted by atomic mass is 10.1. The summed E-state index contributed by atoms with van der Waals surface area (Å²) in [6.07, 6.45) is 1.28. The fraction of sp³-hybridized carbons (Fsp3) is 0.0833. The Bertz CT molecular complexity index is 585. The number of nitro benzene ring substituents is 1. The second-order valence-corrected chi connectivity index (χ2v) is 3.50. The Labute approximate surface area is 102 Å². The first-order valence-electron chi connectivity index (χ1n) is 5.03. The third-order valence-corrected chi connectivity index (χ3v) is 2.38. The number of furan rings is 1. The van der Waals surface area contributed by atoms with E-state index >= 15 is 0 Å². The third-order valence-electron chi connectivity index (χ3n) is 2.38. The number of methoxy groups -OCH3 is 1. The van der Waals surface area contributed by atoms with Crippen LogP contribution in [0.1, 0.15) is 10.4 Å². The summed E-state index contributed by atoms with van der Waals surface area (Å²) in [5.74, 6) is -0.0443. The number of hydrogen-bond acceptors (Lipinski definition) is 5. The quantitative estimate of drug-likeness (QED) is 0.473. The zero-order valence-corrected chi connectivity index (χ0v) is 9.45. The molecule has 0 amide bonds. The average Bonchev–Trinajstić information content (AvgIpc) is 2.87. The van der Waals surface area contributed by atoms with E-state index in [1.807, 2.05) is 0 Å². The van der Waals surface area contributed by atoms with Crippen molar-refractivity contribution >= 4 is 11.7 Å². The molecule has 1 aromatic carbocycles. The van der Waals surface area contributed by atoms with Crippen LogP contribution in [0.3, 0.4) is 0 Å². The molecule has 0 aliphatic rings. The maximum absolute atomic E-state index is 11.2. The molecule has 92 valence electrons. The van der Waals surface area contributed by atoms with Crippen LogP contribution in [-0.2, 0) is 4.74 Å². The molecule has 0 bridgehead atoms. The normalized spacial score (nSPS) is 10.1. The zero-order chi connectivity index (χ0) is 13.1. The van der Waals surface area contributed by atoms with Crippen LogP contribution >= 0.6 is 0 Å². The van der Waals surface area contributed by atoms with Gasteiger partial charge in [-0.3, -0.25) is 10.1 Å². The maximum atomic E-state index is 11.2. The lowest BCUT2D eigenvalue weighted by molar-refractivity contribution is -0.384. The molecule has 0 unspecified atom stereocenters. The first-order valence-corrected chi connectivity index (χ1v) is 5.03. The highest BCUT2D eigenvalue weighted by Gasteiger charge is 2.12. The summed E-state index contributed by atoms with van der Waals surface area (Å²) in [5, 5.41) is 10.5. The van der Waals surface area contributed by atoms with Gasteiger partial charge in [-0.2, -0.15) is 0 Å². The molecule has 1 aromatic heterocycles. The number of nitrogens with zero attached hydrogens (tertiary/aromatic N) is 1. The van der Waals surface area contributed by atoms with Crippen LogP contribution in [-0.4, -0.2) is 18.0 Å². The number of ether oxygens (including phenoxy) is 1. The predicted octanol–water partition coefficient (Wildman–Crippen LogP) is 2.64. The number of nitro groups is 1. The maximum Gasteiger partial charge on any atom is 0.341 e. The minimum Gasteiger partial charge on any atom is -0.465 e. The standard InChI is InChI=1S/C12H9NO5/c1-17-12(14)9-6-11(18-7-9)8-2-4-10(5-3-8)13(15)16/h2-7H,1H3. The van der Waals surface area contributed by atoms with Gasteiger partial charge in [0.25, 0.3) is 5.69 Å². The van der Waals surface area contributed by atoms with Crippen molar-refractivity contribution in [2.24, 2.45) is 0 Å². The van der Waals surface area contributed by atoms with E-state index in [-0.39, 0.29) is 5.69 Å². The Kier molecular flexibility index (Phi) is 3.09. The Morgan fingerprint density at radius 3 is 2.56 bits per heavy atom. The van der Waals surface area contributed by atoms with Crippen molar-refractivity contribution in [3.8, 4) is 11.3 Å². The lowest BCUT2D eigenvalue weighted by Gasteiger charge is -1.95. The van der Waals surface area contributed by atoms with Crippen LogP contribution in [0.2, 0.25) is 0 Å². The van der Waals surface area contributed by atoms with Gasteiger partial charge in [-0.25, -0.2) is 4.79 Å². The number of benzene rings is 1. The van der Waals surface area contributed by atoms with Crippen LogP contribution < -0.4 is 0 Å². The summed E-state index contributed by atoms with van der Waals surface area (Å²) in [4.78, 5) is 21.3. The van der Waals surface area contributed by atoms with Crippen molar-refractivity contribution in [1.29, 1.82) is 0 Å². The van der Waals surface area contributed by atoms with E-state index in [1.165, 1.54) is 31.6 Å². The first kappa shape index (κ1) is 11.8. The van der Waals surface area contributed by atoms with Gasteiger partial charge < -0.3 is 9.15 Å². The van der Waals surface area contributed by atoms with Crippen molar-refractivity contribution in [2.45, 2.75) is 0 Å². The van der Waals surface area contributed by atoms with Gasteiger partial charge in [0.05, 0.1) is 17.6 Å². The number of non-ortho nitro benzene ring substituents is 1. The van der Waals surface area contributed by atoms with Gasteiger partial charge in [-0.15, -0.1) is 0 Å². The second-order valence-electron chi connectivity index (χ2n) is 3.50. The van der Waals surface area contributed by atoms with Gasteiger partial charge >= 0.3 is 5.97 Å². The van der Waals surface area contributed by atoms with Crippen molar-refractivity contribution in [1.82, 2.24) is 0 Å². The minimum atomic E-state index is -0.494. The van der Waals surface area contributed by atoms with Crippen LogP contribution in [0.4, 0.5) is 5.69 Å². The molecule has 2 aromatic rings. The van der Waals surface area contributed by atoms with E-state index in [0.717, 1.165) is 0 Å². The summed E-state index contributed by atoms with van der Waals surface area (Å²) >= 11 is 0. The second kappa shape index (κ2) is 4.70. The molecule has 0 saturated carbocycles. The summed E-state index contributed by atoms with van der Waals surface area (Å²) < 4.78 is 9.75. The summed E-state index contributed by atoms with van der Waals surface area (Å²) in [5.41, 5.74) is 0.945. The molecule has 18 heavy (non-hydrogen) atoms. The third kappa shape index (κ3) is 2.22. The molecule has 6 heteroatoms. The van der Waals surface area contributed by atoms with Gasteiger partial charge in [0.1, 0.15) is 12.0 Å². The van der Waals surface area contributed by atoms with Gasteiger partial charge in [0.15, 0.2) is 0 Å². The summed E-state index contributed by atoms with van der Waals surface area (Å²) in [6, 6.07) is 7.37. The highest BCUT2D eigenvalue weighted by Crippen LogP contribution is 2.24. The molecule has 1 heterocycles. The fourth-order valence-electron chi connectivity index (χ4n) is 1.46. The van der Waals surface area contributed by atoms with Gasteiger partial charge in [0, 0.05) is 17.7 Å². The van der Waals surface area contributed by atoms with Crippen LogP contribution in [0.15, 0.2) is 41.0 Å². The Morgan fingerprint density at radius 1 is 1.33 bits per heavy atom. The molecule has 0 radical (unpaired) electrons. The smallest absolute Gasteiger partial charge is 0.341 e. The molecule has 0 spiro atoms. The highest BCUT2D eigenvalue weighted by molar-refractivity contribution is 5.90. The van der Waals surface area contributed by atoms with Gasteiger partial charge in [-0.05, 0) is 18.2 Å². The number of carbonyl (C=O) groups is 1. The monoisotopic (exact) mass is 247 g/mol. The van der Waals surface area contributed by atoms with Gasteiger partial charge in [-0.1, -0.05) is 0 Å². The summed E-state index contributed by atoms with van der Waals surface area (Å²) in [7, 11) is 1.28. The molecule has 2 rings (SSSR count). The van der Waals surface area contributed by atoms with Crippen LogP contribution in [0, 0.1) is 10.1 Å². The molecule has 6 nitrogen and oxygen atoms in total. The van der Waals surface area contributed by atoms with E-state index in [2.05, 4.69) is 4.74 Å². The number of rotatable bonds is 3. The molecule has 0 aliphatic carbocycles. The van der Waals surface area contributed by atoms with E-state index < -0.39 is 10.9 Å². The van der Waals surface area contributed by atoms with Gasteiger partial charge in [0.2, 0.25) is 0 Å². The highest BCUT2D eigenvalue weighted by atomic mass is 16.6. The molecule has 0 N–H and O–H groups in total. The van der Waals surface area contributed by atoms with Crippen LogP contribution in [0.25, 0.3) is 11.3 Å². The Balaban J connectivity index is 2.29. The molecule has 0 atom stereocenters. The molecule has 0 fully saturated rings. The fourth-order valence-corrected chi connectivity index (χ4v) is 1.46. The number of hydrogen-bond donors (Lipinski definition) is 0. The van der Waals surface area contributed by atoms with Crippen LogP contribution in [0.5, 0.6) is 0 Å². The molecule has 0 aliphatic heterocycles. The predicted molar refractivity (Wildman–Crippen MR) is 62.1 cm³/mol. The summed E-state index contributed by atoms with van der Waals surface area (Å²) in [6.45, 7) is 0. The zero-order valence-electron chi connectivity index (χ0n) is 9.45. The van der Waals surface area contributed by atoms with E-state index in [1.54, 1.807) is 12.1 Å². The number of carbonyl (C=O) groups excluding carboxylic acids is 1.